The van der Waals surface area contributed by atoms with Crippen LogP contribution in [0.2, 0.25) is 0 Å². The van der Waals surface area contributed by atoms with Gasteiger partial charge in [-0.1, -0.05) is 6.92 Å². The predicted octanol–water partition coefficient (Wildman–Crippen LogP) is 2.31. The van der Waals surface area contributed by atoms with Crippen LogP contribution in [0.3, 0.4) is 0 Å². The molecule has 1 aromatic heterocycles. The van der Waals surface area contributed by atoms with Gasteiger partial charge < -0.3 is 9.31 Å². The summed E-state index contributed by atoms with van der Waals surface area (Å²) in [5.41, 5.74) is 0.548. The van der Waals surface area contributed by atoms with Gasteiger partial charge in [-0.05, 0) is 41.0 Å². The van der Waals surface area contributed by atoms with E-state index >= 15 is 0 Å². The Morgan fingerprint density at radius 3 is 2.18 bits per heavy atom. The first-order chi connectivity index (χ1) is 7.77. The van der Waals surface area contributed by atoms with Crippen molar-refractivity contribution in [2.75, 3.05) is 0 Å². The molecule has 0 N–H and O–H groups in total. The SMILES string of the molecule is CCc1nc(C)sc1B1OC(C)(C)C(C)(C)O1. The lowest BCUT2D eigenvalue weighted by atomic mass is 9.86. The van der Waals surface area contributed by atoms with Crippen molar-refractivity contribution >= 4 is 23.2 Å². The molecule has 17 heavy (non-hydrogen) atoms. The predicted molar refractivity (Wildman–Crippen MR) is 71.9 cm³/mol. The van der Waals surface area contributed by atoms with E-state index in [0.29, 0.717) is 0 Å². The summed E-state index contributed by atoms with van der Waals surface area (Å²) in [5.74, 6) is 0. The fraction of sp³-hybridized carbons (Fsp3) is 0.750. The van der Waals surface area contributed by atoms with E-state index in [2.05, 4.69) is 39.6 Å². The second-order valence-corrected chi connectivity index (χ2v) is 6.72. The maximum Gasteiger partial charge on any atom is 0.507 e. The lowest BCUT2D eigenvalue weighted by Gasteiger charge is -2.32. The number of nitrogens with zero attached hydrogens (tertiary/aromatic N) is 1. The Balaban J connectivity index is 2.31. The van der Waals surface area contributed by atoms with E-state index in [0.717, 1.165) is 21.9 Å². The first kappa shape index (κ1) is 13.1. The summed E-state index contributed by atoms with van der Waals surface area (Å²) < 4.78 is 13.2. The van der Waals surface area contributed by atoms with Crippen LogP contribution in [-0.2, 0) is 15.7 Å². The molecule has 0 unspecified atom stereocenters. The van der Waals surface area contributed by atoms with Gasteiger partial charge in [0.1, 0.15) is 0 Å². The molecule has 0 aromatic carbocycles. The standard InChI is InChI=1S/C12H20BNO2S/c1-7-9-10(17-8(2)14-9)13-15-11(3,4)12(5,6)16-13/h7H2,1-6H3. The quantitative estimate of drug-likeness (QED) is 0.758. The van der Waals surface area contributed by atoms with Crippen molar-refractivity contribution in [3.05, 3.63) is 10.7 Å². The molecule has 1 aromatic rings. The third-order valence-corrected chi connectivity index (χ3v) is 4.67. The molecule has 1 aliphatic rings. The van der Waals surface area contributed by atoms with E-state index < -0.39 is 0 Å². The van der Waals surface area contributed by atoms with Gasteiger partial charge >= 0.3 is 7.12 Å². The van der Waals surface area contributed by atoms with Crippen molar-refractivity contribution in [3.63, 3.8) is 0 Å². The third-order valence-electron chi connectivity index (χ3n) is 3.64. The monoisotopic (exact) mass is 253 g/mol. The third kappa shape index (κ3) is 2.16. The molecule has 0 aliphatic carbocycles. The molecule has 0 radical (unpaired) electrons. The summed E-state index contributed by atoms with van der Waals surface area (Å²) >= 11 is 1.68. The molecule has 0 spiro atoms. The van der Waals surface area contributed by atoms with Crippen LogP contribution >= 0.6 is 11.3 Å². The zero-order valence-electron chi connectivity index (χ0n) is 11.5. The highest BCUT2D eigenvalue weighted by Gasteiger charge is 2.52. The molecule has 0 saturated carbocycles. The molecule has 5 heteroatoms. The second-order valence-electron chi connectivity index (χ2n) is 5.49. The van der Waals surface area contributed by atoms with E-state index in [-0.39, 0.29) is 18.3 Å². The van der Waals surface area contributed by atoms with Crippen LogP contribution in [0.4, 0.5) is 0 Å². The molecule has 1 aliphatic heterocycles. The zero-order chi connectivity index (χ0) is 12.8. The second kappa shape index (κ2) is 4.07. The minimum atomic E-state index is -0.277. The molecule has 0 atom stereocenters. The smallest absolute Gasteiger partial charge is 0.399 e. The fourth-order valence-corrected chi connectivity index (χ4v) is 2.85. The van der Waals surface area contributed by atoms with Gasteiger partial charge in [0.25, 0.3) is 0 Å². The van der Waals surface area contributed by atoms with Crippen LogP contribution in [0, 0.1) is 6.92 Å². The highest BCUT2D eigenvalue weighted by Crippen LogP contribution is 2.37. The summed E-state index contributed by atoms with van der Waals surface area (Å²) in [7, 11) is -0.263. The average molecular weight is 253 g/mol. The molecular formula is C12H20BNO2S. The number of hydrogen-bond donors (Lipinski definition) is 0. The zero-order valence-corrected chi connectivity index (χ0v) is 12.3. The van der Waals surface area contributed by atoms with Gasteiger partial charge in [-0.25, -0.2) is 4.98 Å². The molecule has 2 rings (SSSR count). The van der Waals surface area contributed by atoms with Crippen LogP contribution in [0.5, 0.6) is 0 Å². The summed E-state index contributed by atoms with van der Waals surface area (Å²) in [4.78, 5) is 4.53. The average Bonchev–Trinajstić information content (AvgIpc) is 2.65. The Morgan fingerprint density at radius 2 is 1.71 bits per heavy atom. The first-order valence-corrected chi connectivity index (χ1v) is 6.90. The van der Waals surface area contributed by atoms with E-state index in [4.69, 9.17) is 9.31 Å². The minimum Gasteiger partial charge on any atom is -0.399 e. The number of hydrogen-bond acceptors (Lipinski definition) is 4. The molecule has 0 bridgehead atoms. The summed E-state index contributed by atoms with van der Waals surface area (Å²) in [6.45, 7) is 12.4. The number of aromatic nitrogens is 1. The Hall–Kier alpha value is -0.385. The maximum absolute atomic E-state index is 6.05. The first-order valence-electron chi connectivity index (χ1n) is 6.08. The molecule has 1 saturated heterocycles. The van der Waals surface area contributed by atoms with E-state index in [1.165, 1.54) is 0 Å². The van der Waals surface area contributed by atoms with Crippen LogP contribution < -0.4 is 4.78 Å². The van der Waals surface area contributed by atoms with Crippen molar-refractivity contribution in [2.45, 2.75) is 59.2 Å². The van der Waals surface area contributed by atoms with Crippen LogP contribution in [0.15, 0.2) is 0 Å². The van der Waals surface area contributed by atoms with Gasteiger partial charge in [0.05, 0.1) is 26.7 Å². The Bertz CT molecular complexity index is 412. The Kier molecular flexibility index (Phi) is 3.13. The Labute approximate surface area is 108 Å². The van der Waals surface area contributed by atoms with Crippen molar-refractivity contribution in [3.8, 4) is 0 Å². The van der Waals surface area contributed by atoms with Crippen molar-refractivity contribution < 1.29 is 9.31 Å². The number of thiazole rings is 1. The van der Waals surface area contributed by atoms with Gasteiger partial charge in [0.15, 0.2) is 0 Å². The van der Waals surface area contributed by atoms with Gasteiger partial charge in [0, 0.05) is 0 Å². The van der Waals surface area contributed by atoms with Crippen molar-refractivity contribution in [2.24, 2.45) is 0 Å². The normalized spacial score (nSPS) is 22.1. The lowest BCUT2D eigenvalue weighted by molar-refractivity contribution is 0.00578. The van der Waals surface area contributed by atoms with Crippen LogP contribution in [0.1, 0.15) is 45.3 Å². The summed E-state index contributed by atoms with van der Waals surface area (Å²) in [6.07, 6.45) is 0.920. The van der Waals surface area contributed by atoms with Crippen LogP contribution in [-0.4, -0.2) is 23.3 Å². The number of aryl methyl sites for hydroxylation is 2. The molecule has 1 fully saturated rings. The number of rotatable bonds is 2. The summed E-state index contributed by atoms with van der Waals surface area (Å²) in [6, 6.07) is 0. The van der Waals surface area contributed by atoms with Gasteiger partial charge in [-0.15, -0.1) is 11.3 Å². The van der Waals surface area contributed by atoms with E-state index in [1.54, 1.807) is 11.3 Å². The Morgan fingerprint density at radius 1 is 1.18 bits per heavy atom. The van der Waals surface area contributed by atoms with E-state index in [9.17, 15) is 0 Å². The topological polar surface area (TPSA) is 31.4 Å². The molecule has 3 nitrogen and oxygen atoms in total. The largest absolute Gasteiger partial charge is 0.507 e. The highest BCUT2D eigenvalue weighted by atomic mass is 32.1. The van der Waals surface area contributed by atoms with Gasteiger partial charge in [0.2, 0.25) is 0 Å². The van der Waals surface area contributed by atoms with Crippen molar-refractivity contribution in [1.82, 2.24) is 4.98 Å². The molecule has 0 amide bonds. The molecule has 2 heterocycles. The molecule has 94 valence electrons. The molecular weight excluding hydrogens is 233 g/mol. The maximum atomic E-state index is 6.05. The van der Waals surface area contributed by atoms with Gasteiger partial charge in [-0.3, -0.25) is 0 Å². The van der Waals surface area contributed by atoms with E-state index in [1.807, 2.05) is 6.92 Å². The highest BCUT2D eigenvalue weighted by molar-refractivity contribution is 7.22. The minimum absolute atomic E-state index is 0.263. The lowest BCUT2D eigenvalue weighted by Crippen LogP contribution is -2.41. The van der Waals surface area contributed by atoms with Crippen LogP contribution in [0.25, 0.3) is 0 Å². The fourth-order valence-electron chi connectivity index (χ4n) is 1.87. The van der Waals surface area contributed by atoms with Crippen molar-refractivity contribution in [1.29, 1.82) is 0 Å². The van der Waals surface area contributed by atoms with Gasteiger partial charge in [-0.2, -0.15) is 0 Å². The summed E-state index contributed by atoms with van der Waals surface area (Å²) in [5, 5.41) is 1.08.